The van der Waals surface area contributed by atoms with E-state index in [2.05, 4.69) is 46.6 Å². The Morgan fingerprint density at radius 2 is 2.17 bits per heavy atom. The zero-order chi connectivity index (χ0) is 12.4. The molecule has 2 N–H and O–H groups in total. The lowest BCUT2D eigenvalue weighted by Gasteiger charge is -2.29. The number of rotatable bonds is 3. The summed E-state index contributed by atoms with van der Waals surface area (Å²) in [7, 11) is 0. The van der Waals surface area contributed by atoms with Crippen LogP contribution in [0.5, 0.6) is 0 Å². The maximum absolute atomic E-state index is 10.7. The van der Waals surface area contributed by atoms with E-state index in [0.717, 1.165) is 32.6 Å². The van der Waals surface area contributed by atoms with Crippen molar-refractivity contribution in [1.82, 2.24) is 10.2 Å². The van der Waals surface area contributed by atoms with E-state index in [1.165, 1.54) is 5.56 Å². The summed E-state index contributed by atoms with van der Waals surface area (Å²) in [5, 5.41) is 14.0. The van der Waals surface area contributed by atoms with E-state index in [9.17, 15) is 5.11 Å². The van der Waals surface area contributed by atoms with Gasteiger partial charge in [0.1, 0.15) is 0 Å². The van der Waals surface area contributed by atoms with Crippen molar-refractivity contribution in [2.75, 3.05) is 19.6 Å². The Bertz CT molecular complexity index is 431. The fourth-order valence-electron chi connectivity index (χ4n) is 2.96. The van der Waals surface area contributed by atoms with Crippen LogP contribution >= 0.6 is 0 Å². The van der Waals surface area contributed by atoms with Gasteiger partial charge in [-0.2, -0.15) is 0 Å². The predicted octanol–water partition coefficient (Wildman–Crippen LogP) is 1.15. The van der Waals surface area contributed by atoms with Crippen molar-refractivity contribution in [1.29, 1.82) is 0 Å². The van der Waals surface area contributed by atoms with Crippen LogP contribution < -0.4 is 5.32 Å². The highest BCUT2D eigenvalue weighted by molar-refractivity contribution is 5.17. The molecular formula is C15H20N2O. The van der Waals surface area contributed by atoms with Crippen molar-refractivity contribution in [2.45, 2.75) is 24.6 Å². The normalized spacial score (nSPS) is 32.2. The molecule has 3 rings (SSSR count). The molecule has 1 aromatic rings. The Hall–Kier alpha value is -1.16. The van der Waals surface area contributed by atoms with Gasteiger partial charge in [-0.3, -0.25) is 4.90 Å². The van der Waals surface area contributed by atoms with Gasteiger partial charge in [0.25, 0.3) is 0 Å². The number of benzene rings is 1. The van der Waals surface area contributed by atoms with Crippen LogP contribution in [-0.4, -0.2) is 41.3 Å². The van der Waals surface area contributed by atoms with Gasteiger partial charge in [0, 0.05) is 26.2 Å². The van der Waals surface area contributed by atoms with E-state index in [4.69, 9.17) is 0 Å². The summed E-state index contributed by atoms with van der Waals surface area (Å²) in [5.41, 5.74) is 0.721. The Labute approximate surface area is 108 Å². The third-order valence-electron chi connectivity index (χ3n) is 3.97. The first-order valence-electron chi connectivity index (χ1n) is 6.65. The summed E-state index contributed by atoms with van der Waals surface area (Å²) < 4.78 is 0. The summed E-state index contributed by atoms with van der Waals surface area (Å²) in [5.74, 6) is 0. The average molecular weight is 244 g/mol. The van der Waals surface area contributed by atoms with Crippen LogP contribution in [0.4, 0.5) is 0 Å². The molecular weight excluding hydrogens is 224 g/mol. The molecule has 2 atom stereocenters. The monoisotopic (exact) mass is 244 g/mol. The molecule has 96 valence electrons. The fourth-order valence-corrected chi connectivity index (χ4v) is 2.96. The van der Waals surface area contributed by atoms with Gasteiger partial charge in [-0.05, 0) is 12.0 Å². The number of hydrogen-bond acceptors (Lipinski definition) is 3. The summed E-state index contributed by atoms with van der Waals surface area (Å²) >= 11 is 0. The third-order valence-corrected chi connectivity index (χ3v) is 3.97. The third kappa shape index (κ3) is 2.34. The SMILES string of the molecule is OC1(C2C=CCN2)CCN(Cc2ccccc2)C1. The minimum atomic E-state index is -0.595. The fraction of sp³-hybridized carbons (Fsp3) is 0.467. The molecule has 1 fully saturated rings. The summed E-state index contributed by atoms with van der Waals surface area (Å²) in [6, 6.07) is 10.6. The van der Waals surface area contributed by atoms with E-state index in [1.807, 2.05) is 6.07 Å². The number of aliphatic hydroxyl groups is 1. The quantitative estimate of drug-likeness (QED) is 0.783. The summed E-state index contributed by atoms with van der Waals surface area (Å²) in [4.78, 5) is 2.34. The van der Waals surface area contributed by atoms with E-state index in [1.54, 1.807) is 0 Å². The van der Waals surface area contributed by atoms with Crippen molar-refractivity contribution in [3.05, 3.63) is 48.0 Å². The summed E-state index contributed by atoms with van der Waals surface area (Å²) in [6.07, 6.45) is 5.05. The minimum Gasteiger partial charge on any atom is -0.387 e. The molecule has 2 aliphatic heterocycles. The van der Waals surface area contributed by atoms with Gasteiger partial charge in [0.15, 0.2) is 0 Å². The molecule has 0 aliphatic carbocycles. The smallest absolute Gasteiger partial charge is 0.0974 e. The van der Waals surface area contributed by atoms with Crippen molar-refractivity contribution in [2.24, 2.45) is 0 Å². The van der Waals surface area contributed by atoms with Crippen LogP contribution in [0.25, 0.3) is 0 Å². The largest absolute Gasteiger partial charge is 0.387 e. The van der Waals surface area contributed by atoms with Gasteiger partial charge in [-0.15, -0.1) is 0 Å². The minimum absolute atomic E-state index is 0.123. The molecule has 0 amide bonds. The topological polar surface area (TPSA) is 35.5 Å². The molecule has 0 aromatic heterocycles. The summed E-state index contributed by atoms with van der Waals surface area (Å²) in [6.45, 7) is 3.53. The number of likely N-dealkylation sites (tertiary alicyclic amines) is 1. The van der Waals surface area contributed by atoms with Gasteiger partial charge >= 0.3 is 0 Å². The van der Waals surface area contributed by atoms with E-state index >= 15 is 0 Å². The van der Waals surface area contributed by atoms with Gasteiger partial charge in [-0.1, -0.05) is 42.5 Å². The maximum Gasteiger partial charge on any atom is 0.0974 e. The van der Waals surface area contributed by atoms with E-state index in [-0.39, 0.29) is 6.04 Å². The number of nitrogens with zero attached hydrogens (tertiary/aromatic N) is 1. The van der Waals surface area contributed by atoms with E-state index < -0.39 is 5.60 Å². The standard InChI is InChI=1S/C15H20N2O/c18-15(14-7-4-9-16-14)8-10-17(12-15)11-13-5-2-1-3-6-13/h1-7,14,16,18H,8-12H2. The molecule has 0 saturated carbocycles. The van der Waals surface area contributed by atoms with E-state index in [0.29, 0.717) is 0 Å². The molecule has 1 aromatic carbocycles. The Balaban J connectivity index is 1.63. The first-order chi connectivity index (χ1) is 8.76. The second kappa shape index (κ2) is 4.84. The predicted molar refractivity (Wildman–Crippen MR) is 72.2 cm³/mol. The Morgan fingerprint density at radius 1 is 1.33 bits per heavy atom. The lowest BCUT2D eigenvalue weighted by molar-refractivity contribution is 0.0284. The molecule has 2 unspecified atom stereocenters. The van der Waals surface area contributed by atoms with Crippen molar-refractivity contribution in [3.8, 4) is 0 Å². The number of hydrogen-bond donors (Lipinski definition) is 2. The van der Waals surface area contributed by atoms with Crippen molar-refractivity contribution >= 4 is 0 Å². The molecule has 0 radical (unpaired) electrons. The number of β-amino-alcohol motifs (C(OH)–C–C–N with tert-alkyl or cyclic N) is 1. The highest BCUT2D eigenvalue weighted by Gasteiger charge is 2.42. The molecule has 3 nitrogen and oxygen atoms in total. The average Bonchev–Trinajstić information content (AvgIpc) is 3.01. The highest BCUT2D eigenvalue weighted by atomic mass is 16.3. The Morgan fingerprint density at radius 3 is 2.89 bits per heavy atom. The number of nitrogens with one attached hydrogen (secondary N) is 1. The van der Waals surface area contributed by atoms with Crippen LogP contribution in [0.15, 0.2) is 42.5 Å². The zero-order valence-corrected chi connectivity index (χ0v) is 10.5. The first kappa shape index (κ1) is 11.9. The van der Waals surface area contributed by atoms with Crippen LogP contribution in [0.1, 0.15) is 12.0 Å². The van der Waals surface area contributed by atoms with Crippen molar-refractivity contribution in [3.63, 3.8) is 0 Å². The van der Waals surface area contributed by atoms with Crippen LogP contribution in [0.2, 0.25) is 0 Å². The zero-order valence-electron chi connectivity index (χ0n) is 10.5. The van der Waals surface area contributed by atoms with Gasteiger partial charge < -0.3 is 10.4 Å². The Kier molecular flexibility index (Phi) is 3.20. The van der Waals surface area contributed by atoms with Gasteiger partial charge in [-0.25, -0.2) is 0 Å². The van der Waals surface area contributed by atoms with Gasteiger partial charge in [0.05, 0.1) is 11.6 Å². The van der Waals surface area contributed by atoms with Crippen LogP contribution in [0, 0.1) is 0 Å². The maximum atomic E-state index is 10.7. The molecule has 1 saturated heterocycles. The van der Waals surface area contributed by atoms with Gasteiger partial charge in [0.2, 0.25) is 0 Å². The molecule has 18 heavy (non-hydrogen) atoms. The molecule has 0 bridgehead atoms. The highest BCUT2D eigenvalue weighted by Crippen LogP contribution is 2.27. The molecule has 0 spiro atoms. The van der Waals surface area contributed by atoms with Crippen molar-refractivity contribution < 1.29 is 5.11 Å². The molecule has 2 aliphatic rings. The lowest BCUT2D eigenvalue weighted by atomic mass is 9.94. The molecule has 2 heterocycles. The van der Waals surface area contributed by atoms with Crippen LogP contribution in [0.3, 0.4) is 0 Å². The van der Waals surface area contributed by atoms with Crippen LogP contribution in [-0.2, 0) is 6.54 Å². The second-order valence-corrected chi connectivity index (χ2v) is 5.36. The second-order valence-electron chi connectivity index (χ2n) is 5.36. The first-order valence-corrected chi connectivity index (χ1v) is 6.65. The molecule has 3 heteroatoms. The lowest BCUT2D eigenvalue weighted by Crippen LogP contribution is -2.49.